The van der Waals surface area contributed by atoms with Crippen LogP contribution in [-0.2, 0) is 0 Å². The molecule has 1 atom stereocenters. The average Bonchev–Trinajstić information content (AvgIpc) is 2.53. The van der Waals surface area contributed by atoms with Gasteiger partial charge in [-0.25, -0.2) is 0 Å². The average molecular weight is 284 g/mol. The summed E-state index contributed by atoms with van der Waals surface area (Å²) in [6, 6.07) is 14.9. The third-order valence-corrected chi connectivity index (χ3v) is 3.41. The van der Waals surface area contributed by atoms with Gasteiger partial charge in [-0.3, -0.25) is 4.79 Å². The Morgan fingerprint density at radius 1 is 1.24 bits per heavy atom. The van der Waals surface area contributed by atoms with E-state index >= 15 is 0 Å². The van der Waals surface area contributed by atoms with E-state index in [2.05, 4.69) is 5.32 Å². The summed E-state index contributed by atoms with van der Waals surface area (Å²) in [4.78, 5) is 12.3. The number of nitrogens with two attached hydrogens (primary N) is 1. The summed E-state index contributed by atoms with van der Waals surface area (Å²) in [5.41, 5.74) is 8.32. The molecule has 0 fully saturated rings. The number of carbonyl (C=O) groups excluding carboxylic acids is 1. The Labute approximate surface area is 124 Å². The first-order valence-corrected chi connectivity index (χ1v) is 6.86. The number of amides is 1. The molecule has 1 unspecified atom stereocenters. The summed E-state index contributed by atoms with van der Waals surface area (Å²) in [5, 5.41) is 2.95. The Balaban J connectivity index is 2.16. The number of rotatable bonds is 5. The number of aryl methyl sites for hydroxylation is 1. The second-order valence-electron chi connectivity index (χ2n) is 4.86. The fraction of sp³-hybridized carbons (Fsp3) is 0.235. The summed E-state index contributed by atoms with van der Waals surface area (Å²) < 4.78 is 5.25. The van der Waals surface area contributed by atoms with Crippen molar-refractivity contribution >= 4 is 5.91 Å². The number of hydrogen-bond donors (Lipinski definition) is 2. The third-order valence-electron chi connectivity index (χ3n) is 3.41. The maximum atomic E-state index is 12.3. The van der Waals surface area contributed by atoms with Gasteiger partial charge in [0.1, 0.15) is 5.75 Å². The van der Waals surface area contributed by atoms with Crippen LogP contribution >= 0.6 is 0 Å². The fourth-order valence-corrected chi connectivity index (χ4v) is 2.17. The van der Waals surface area contributed by atoms with Crippen molar-refractivity contribution in [1.29, 1.82) is 0 Å². The van der Waals surface area contributed by atoms with E-state index in [-0.39, 0.29) is 11.9 Å². The molecule has 110 valence electrons. The van der Waals surface area contributed by atoms with Gasteiger partial charge in [-0.05, 0) is 30.2 Å². The number of hydrogen-bond acceptors (Lipinski definition) is 3. The number of nitrogens with one attached hydrogen (secondary N) is 1. The lowest BCUT2D eigenvalue weighted by Gasteiger charge is -2.17. The number of ether oxygens (including phenoxy) is 1. The SMILES string of the molecule is COc1cc(C(=O)NC(CN)c2ccccc2)ccc1C. The second-order valence-corrected chi connectivity index (χ2v) is 4.86. The Morgan fingerprint density at radius 2 is 1.95 bits per heavy atom. The topological polar surface area (TPSA) is 64.3 Å². The molecule has 0 aliphatic carbocycles. The molecule has 4 heteroatoms. The van der Waals surface area contributed by atoms with Crippen LogP contribution in [0.15, 0.2) is 48.5 Å². The first-order chi connectivity index (χ1) is 10.2. The second kappa shape index (κ2) is 6.90. The summed E-state index contributed by atoms with van der Waals surface area (Å²) in [5.74, 6) is 0.541. The molecule has 0 bridgehead atoms. The van der Waals surface area contributed by atoms with Crippen molar-refractivity contribution in [1.82, 2.24) is 5.32 Å². The number of benzene rings is 2. The molecular weight excluding hydrogens is 264 g/mol. The standard InChI is InChI=1S/C17H20N2O2/c1-12-8-9-14(10-16(12)21-2)17(20)19-15(11-18)13-6-4-3-5-7-13/h3-10,15H,11,18H2,1-2H3,(H,19,20). The van der Waals surface area contributed by atoms with Gasteiger partial charge in [0.25, 0.3) is 5.91 Å². The summed E-state index contributed by atoms with van der Waals surface area (Å²) >= 11 is 0. The van der Waals surface area contributed by atoms with E-state index < -0.39 is 0 Å². The molecular formula is C17H20N2O2. The van der Waals surface area contributed by atoms with Crippen LogP contribution in [0.5, 0.6) is 5.75 Å². The van der Waals surface area contributed by atoms with Gasteiger partial charge in [0.15, 0.2) is 0 Å². The zero-order chi connectivity index (χ0) is 15.2. The van der Waals surface area contributed by atoms with E-state index in [0.29, 0.717) is 17.9 Å². The molecule has 0 saturated heterocycles. The minimum absolute atomic E-state index is 0.160. The molecule has 2 aromatic carbocycles. The fourth-order valence-electron chi connectivity index (χ4n) is 2.17. The van der Waals surface area contributed by atoms with Gasteiger partial charge in [-0.15, -0.1) is 0 Å². The van der Waals surface area contributed by atoms with Crippen LogP contribution in [0.1, 0.15) is 27.5 Å². The van der Waals surface area contributed by atoms with Crippen LogP contribution in [0.25, 0.3) is 0 Å². The van der Waals surface area contributed by atoms with Crippen LogP contribution in [0.2, 0.25) is 0 Å². The molecule has 0 radical (unpaired) electrons. The van der Waals surface area contributed by atoms with Crippen molar-refractivity contribution < 1.29 is 9.53 Å². The monoisotopic (exact) mass is 284 g/mol. The first kappa shape index (κ1) is 15.1. The summed E-state index contributed by atoms with van der Waals surface area (Å²) in [6.45, 7) is 2.28. The molecule has 4 nitrogen and oxygen atoms in total. The highest BCUT2D eigenvalue weighted by molar-refractivity contribution is 5.95. The van der Waals surface area contributed by atoms with Gasteiger partial charge in [-0.2, -0.15) is 0 Å². The molecule has 0 saturated carbocycles. The Hall–Kier alpha value is -2.33. The highest BCUT2D eigenvalue weighted by atomic mass is 16.5. The lowest BCUT2D eigenvalue weighted by molar-refractivity contribution is 0.0937. The van der Waals surface area contributed by atoms with E-state index in [9.17, 15) is 4.79 Å². The van der Waals surface area contributed by atoms with Crippen molar-refractivity contribution in [2.45, 2.75) is 13.0 Å². The molecule has 3 N–H and O–H groups in total. The maximum absolute atomic E-state index is 12.3. The van der Waals surface area contributed by atoms with Crippen LogP contribution in [0.4, 0.5) is 0 Å². The van der Waals surface area contributed by atoms with E-state index in [4.69, 9.17) is 10.5 Å². The van der Waals surface area contributed by atoms with Crippen molar-refractivity contribution in [3.05, 3.63) is 65.2 Å². The molecule has 2 aromatic rings. The molecule has 0 heterocycles. The molecule has 0 spiro atoms. The molecule has 0 aliphatic heterocycles. The van der Waals surface area contributed by atoms with Gasteiger partial charge in [0, 0.05) is 12.1 Å². The van der Waals surface area contributed by atoms with E-state index in [1.807, 2.05) is 43.3 Å². The normalized spacial score (nSPS) is 11.8. The minimum Gasteiger partial charge on any atom is -0.496 e. The van der Waals surface area contributed by atoms with Crippen LogP contribution in [-0.4, -0.2) is 19.6 Å². The molecule has 2 rings (SSSR count). The zero-order valence-electron chi connectivity index (χ0n) is 12.3. The molecule has 21 heavy (non-hydrogen) atoms. The van der Waals surface area contributed by atoms with Crippen molar-refractivity contribution in [3.63, 3.8) is 0 Å². The van der Waals surface area contributed by atoms with Crippen molar-refractivity contribution in [2.75, 3.05) is 13.7 Å². The minimum atomic E-state index is -0.203. The Kier molecular flexibility index (Phi) is 4.95. The summed E-state index contributed by atoms with van der Waals surface area (Å²) in [6.07, 6.45) is 0. The van der Waals surface area contributed by atoms with Gasteiger partial charge < -0.3 is 15.8 Å². The highest BCUT2D eigenvalue weighted by Crippen LogP contribution is 2.20. The van der Waals surface area contributed by atoms with E-state index in [1.54, 1.807) is 19.2 Å². The maximum Gasteiger partial charge on any atom is 0.251 e. The van der Waals surface area contributed by atoms with E-state index in [0.717, 1.165) is 11.1 Å². The van der Waals surface area contributed by atoms with Crippen molar-refractivity contribution in [3.8, 4) is 5.75 Å². The quantitative estimate of drug-likeness (QED) is 0.886. The zero-order valence-corrected chi connectivity index (χ0v) is 12.3. The highest BCUT2D eigenvalue weighted by Gasteiger charge is 2.15. The van der Waals surface area contributed by atoms with Gasteiger partial charge >= 0.3 is 0 Å². The smallest absolute Gasteiger partial charge is 0.251 e. The third kappa shape index (κ3) is 3.61. The predicted octanol–water partition coefficient (Wildman–Crippen LogP) is 2.43. The predicted molar refractivity (Wildman–Crippen MR) is 83.4 cm³/mol. The lowest BCUT2D eigenvalue weighted by Crippen LogP contribution is -2.33. The van der Waals surface area contributed by atoms with E-state index in [1.165, 1.54) is 0 Å². The van der Waals surface area contributed by atoms with Gasteiger partial charge in [0.2, 0.25) is 0 Å². The molecule has 0 aliphatic rings. The van der Waals surface area contributed by atoms with Crippen LogP contribution in [0, 0.1) is 6.92 Å². The Bertz CT molecular complexity index is 611. The lowest BCUT2D eigenvalue weighted by atomic mass is 10.1. The van der Waals surface area contributed by atoms with Crippen LogP contribution in [0.3, 0.4) is 0 Å². The van der Waals surface area contributed by atoms with Gasteiger partial charge in [-0.1, -0.05) is 36.4 Å². The summed E-state index contributed by atoms with van der Waals surface area (Å²) in [7, 11) is 1.59. The molecule has 1 amide bonds. The Morgan fingerprint density at radius 3 is 2.57 bits per heavy atom. The number of methoxy groups -OCH3 is 1. The van der Waals surface area contributed by atoms with Gasteiger partial charge in [0.05, 0.1) is 13.2 Å². The largest absolute Gasteiger partial charge is 0.496 e. The molecule has 0 aromatic heterocycles. The number of carbonyl (C=O) groups is 1. The first-order valence-electron chi connectivity index (χ1n) is 6.86. The van der Waals surface area contributed by atoms with Crippen LogP contribution < -0.4 is 15.8 Å². The van der Waals surface area contributed by atoms with Crippen molar-refractivity contribution in [2.24, 2.45) is 5.73 Å².